The van der Waals surface area contributed by atoms with E-state index in [4.69, 9.17) is 0 Å². The van der Waals surface area contributed by atoms with Crippen molar-refractivity contribution in [3.63, 3.8) is 0 Å². The van der Waals surface area contributed by atoms with Crippen LogP contribution in [0.15, 0.2) is 53.4 Å². The minimum absolute atomic E-state index is 0.251. The number of hydrogen-bond donors (Lipinski definition) is 1. The molecule has 3 aromatic rings. The van der Waals surface area contributed by atoms with Gasteiger partial charge in [-0.3, -0.25) is 5.10 Å². The number of aromatic nitrogens is 2. The normalized spacial score (nSPS) is 11.6. The van der Waals surface area contributed by atoms with Gasteiger partial charge in [-0.15, -0.1) is 0 Å². The van der Waals surface area contributed by atoms with Crippen LogP contribution in [0.5, 0.6) is 0 Å². The van der Waals surface area contributed by atoms with Crippen LogP contribution >= 0.6 is 0 Å². The molecule has 4 nitrogen and oxygen atoms in total. The molecule has 0 saturated heterocycles. The zero-order chi connectivity index (χ0) is 16.6. The summed E-state index contributed by atoms with van der Waals surface area (Å²) in [4.78, 5) is 0.251. The van der Waals surface area contributed by atoms with Crippen molar-refractivity contribution in [2.75, 3.05) is 6.26 Å². The van der Waals surface area contributed by atoms with E-state index in [1.165, 1.54) is 18.4 Å². The van der Waals surface area contributed by atoms with Crippen molar-refractivity contribution in [3.8, 4) is 22.4 Å². The van der Waals surface area contributed by atoms with Crippen LogP contribution in [0.3, 0.4) is 0 Å². The van der Waals surface area contributed by atoms with Gasteiger partial charge in [0.2, 0.25) is 0 Å². The summed E-state index contributed by atoms with van der Waals surface area (Å²) in [6.07, 6.45) is 1.17. The molecule has 1 heterocycles. The van der Waals surface area contributed by atoms with Gasteiger partial charge in [0.25, 0.3) is 0 Å². The molecule has 0 aliphatic heterocycles. The molecule has 3 rings (SSSR count). The van der Waals surface area contributed by atoms with E-state index in [0.717, 1.165) is 22.4 Å². The van der Waals surface area contributed by atoms with Gasteiger partial charge in [-0.05, 0) is 36.8 Å². The van der Waals surface area contributed by atoms with Crippen LogP contribution in [0.25, 0.3) is 22.4 Å². The van der Waals surface area contributed by atoms with Crippen LogP contribution in [-0.4, -0.2) is 24.9 Å². The first-order valence-corrected chi connectivity index (χ1v) is 8.87. The quantitative estimate of drug-likeness (QED) is 0.798. The molecular formula is C17H15FN2O2S. The molecule has 118 valence electrons. The highest BCUT2D eigenvalue weighted by Gasteiger charge is 2.15. The van der Waals surface area contributed by atoms with Crippen molar-refractivity contribution < 1.29 is 12.8 Å². The third kappa shape index (κ3) is 3.03. The molecule has 0 aliphatic rings. The number of benzene rings is 2. The molecule has 0 radical (unpaired) electrons. The molecule has 0 saturated carbocycles. The van der Waals surface area contributed by atoms with Crippen molar-refractivity contribution in [3.05, 3.63) is 60.0 Å². The molecule has 6 heteroatoms. The summed E-state index contributed by atoms with van der Waals surface area (Å²) in [5, 5.41) is 7.19. The van der Waals surface area contributed by atoms with Gasteiger partial charge in [-0.25, -0.2) is 12.8 Å². The second-order valence-corrected chi connectivity index (χ2v) is 7.39. The fourth-order valence-electron chi connectivity index (χ4n) is 2.50. The van der Waals surface area contributed by atoms with Gasteiger partial charge in [0.15, 0.2) is 9.84 Å². The second kappa shape index (κ2) is 5.62. The molecule has 0 bridgehead atoms. The largest absolute Gasteiger partial charge is 0.282 e. The Labute approximate surface area is 133 Å². The van der Waals surface area contributed by atoms with Crippen molar-refractivity contribution in [1.82, 2.24) is 10.2 Å². The van der Waals surface area contributed by atoms with Crippen molar-refractivity contribution in [2.24, 2.45) is 0 Å². The Morgan fingerprint density at radius 3 is 2.35 bits per heavy atom. The molecule has 2 aromatic carbocycles. The molecule has 0 fully saturated rings. The van der Waals surface area contributed by atoms with Crippen LogP contribution in [0.4, 0.5) is 4.39 Å². The number of sulfone groups is 1. The highest BCUT2D eigenvalue weighted by atomic mass is 32.2. The predicted octanol–water partition coefficient (Wildman–Crippen LogP) is 3.59. The second-order valence-electron chi connectivity index (χ2n) is 5.38. The van der Waals surface area contributed by atoms with Gasteiger partial charge < -0.3 is 0 Å². The third-order valence-electron chi connectivity index (χ3n) is 3.62. The minimum atomic E-state index is -3.24. The van der Waals surface area contributed by atoms with Gasteiger partial charge in [0.05, 0.1) is 4.90 Å². The zero-order valence-corrected chi connectivity index (χ0v) is 13.5. The van der Waals surface area contributed by atoms with Crippen molar-refractivity contribution >= 4 is 9.84 Å². The number of nitrogens with zero attached hydrogens (tertiary/aromatic N) is 1. The summed E-state index contributed by atoms with van der Waals surface area (Å²) in [5.41, 5.74) is 3.77. The van der Waals surface area contributed by atoms with Gasteiger partial charge in [0.1, 0.15) is 11.5 Å². The first-order chi connectivity index (χ1) is 10.9. The lowest BCUT2D eigenvalue weighted by Crippen LogP contribution is -1.96. The van der Waals surface area contributed by atoms with E-state index in [1.807, 2.05) is 13.0 Å². The number of rotatable bonds is 3. The Bertz CT molecular complexity index is 961. The summed E-state index contributed by atoms with van der Waals surface area (Å²) in [5.74, 6) is -0.318. The molecular weight excluding hydrogens is 315 g/mol. The fourth-order valence-corrected chi connectivity index (χ4v) is 3.13. The average Bonchev–Trinajstić information content (AvgIpc) is 2.88. The number of H-pyrrole nitrogens is 1. The molecule has 23 heavy (non-hydrogen) atoms. The maximum atomic E-state index is 13.5. The monoisotopic (exact) mass is 330 g/mol. The van der Waals surface area contributed by atoms with E-state index in [2.05, 4.69) is 10.2 Å². The van der Waals surface area contributed by atoms with Crippen LogP contribution in [0, 0.1) is 12.7 Å². The van der Waals surface area contributed by atoms with Gasteiger partial charge in [-0.2, -0.15) is 5.10 Å². The topological polar surface area (TPSA) is 62.8 Å². The molecule has 0 spiro atoms. The van der Waals surface area contributed by atoms with Crippen LogP contribution in [0.1, 0.15) is 5.69 Å². The minimum Gasteiger partial charge on any atom is -0.282 e. The first-order valence-electron chi connectivity index (χ1n) is 6.97. The summed E-state index contributed by atoms with van der Waals surface area (Å²) < 4.78 is 36.6. The van der Waals surface area contributed by atoms with Crippen molar-refractivity contribution in [1.29, 1.82) is 0 Å². The van der Waals surface area contributed by atoms with Gasteiger partial charge >= 0.3 is 0 Å². The van der Waals surface area contributed by atoms with E-state index >= 15 is 0 Å². The standard InChI is InChI=1S/C17H15FN2O2S/c1-11-16(13-4-3-5-14(18)10-13)17(20-19-11)12-6-8-15(9-7-12)23(2,21)22/h3-10H,1-2H3,(H,19,20). The number of aryl methyl sites for hydroxylation is 1. The van der Waals surface area contributed by atoms with E-state index in [0.29, 0.717) is 5.69 Å². The lowest BCUT2D eigenvalue weighted by molar-refractivity contribution is 0.602. The smallest absolute Gasteiger partial charge is 0.175 e. The zero-order valence-electron chi connectivity index (χ0n) is 12.7. The Morgan fingerprint density at radius 2 is 1.74 bits per heavy atom. The Balaban J connectivity index is 2.12. The highest BCUT2D eigenvalue weighted by Crippen LogP contribution is 2.33. The first kappa shape index (κ1) is 15.4. The number of halogens is 1. The van der Waals surface area contributed by atoms with Crippen LogP contribution in [-0.2, 0) is 9.84 Å². The number of nitrogens with one attached hydrogen (secondary N) is 1. The molecule has 0 amide bonds. The maximum Gasteiger partial charge on any atom is 0.175 e. The van der Waals surface area contributed by atoms with E-state index in [9.17, 15) is 12.8 Å². The highest BCUT2D eigenvalue weighted by molar-refractivity contribution is 7.90. The summed E-state index contributed by atoms with van der Waals surface area (Å²) in [7, 11) is -3.24. The molecule has 0 aliphatic carbocycles. The summed E-state index contributed by atoms with van der Waals surface area (Å²) >= 11 is 0. The maximum absolute atomic E-state index is 13.5. The lowest BCUT2D eigenvalue weighted by Gasteiger charge is -2.06. The predicted molar refractivity (Wildman–Crippen MR) is 87.3 cm³/mol. The average molecular weight is 330 g/mol. The number of aromatic amines is 1. The third-order valence-corrected chi connectivity index (χ3v) is 4.74. The van der Waals surface area contributed by atoms with Crippen LogP contribution < -0.4 is 0 Å². The molecule has 0 atom stereocenters. The Kier molecular flexibility index (Phi) is 3.77. The van der Waals surface area contributed by atoms with Gasteiger partial charge in [0, 0.05) is 23.1 Å². The van der Waals surface area contributed by atoms with E-state index < -0.39 is 9.84 Å². The van der Waals surface area contributed by atoms with Crippen molar-refractivity contribution in [2.45, 2.75) is 11.8 Å². The lowest BCUT2D eigenvalue weighted by atomic mass is 9.99. The van der Waals surface area contributed by atoms with E-state index in [1.54, 1.807) is 30.3 Å². The van der Waals surface area contributed by atoms with Crippen LogP contribution in [0.2, 0.25) is 0 Å². The Morgan fingerprint density at radius 1 is 1.04 bits per heavy atom. The van der Waals surface area contributed by atoms with Gasteiger partial charge in [-0.1, -0.05) is 24.3 Å². The summed E-state index contributed by atoms with van der Waals surface area (Å²) in [6.45, 7) is 1.86. The fraction of sp³-hybridized carbons (Fsp3) is 0.118. The molecule has 0 unspecified atom stereocenters. The molecule has 1 aromatic heterocycles. The Hall–Kier alpha value is -2.47. The SMILES string of the molecule is Cc1[nH]nc(-c2ccc(S(C)(=O)=O)cc2)c1-c1cccc(F)c1. The van der Waals surface area contributed by atoms with E-state index in [-0.39, 0.29) is 10.7 Å². The molecule has 1 N–H and O–H groups in total. The summed E-state index contributed by atoms with van der Waals surface area (Å²) in [6, 6.07) is 12.8. The number of hydrogen-bond acceptors (Lipinski definition) is 3.